The van der Waals surface area contributed by atoms with Gasteiger partial charge in [-0.05, 0) is 33.1 Å². The molecule has 1 aliphatic heterocycles. The van der Waals surface area contributed by atoms with Crippen molar-refractivity contribution in [1.29, 1.82) is 0 Å². The second-order valence-corrected chi connectivity index (χ2v) is 4.85. The number of nitrogens with zero attached hydrogens (tertiary/aromatic N) is 2. The van der Waals surface area contributed by atoms with Crippen molar-refractivity contribution in [2.45, 2.75) is 51.3 Å². The summed E-state index contributed by atoms with van der Waals surface area (Å²) in [6.07, 6.45) is 7.27. The minimum absolute atomic E-state index is 0.00287. The summed E-state index contributed by atoms with van der Waals surface area (Å²) in [6.45, 7) is 5.88. The molecular weight excluding hydrogens is 216 g/mol. The Balaban J connectivity index is 2.19. The summed E-state index contributed by atoms with van der Waals surface area (Å²) in [5.41, 5.74) is 3.76. The van der Waals surface area contributed by atoms with Crippen LogP contribution >= 0.6 is 0 Å². The van der Waals surface area contributed by atoms with Crippen molar-refractivity contribution in [2.75, 3.05) is 6.61 Å². The van der Waals surface area contributed by atoms with Crippen molar-refractivity contribution in [3.63, 3.8) is 0 Å². The molecule has 5 nitrogen and oxygen atoms in total. The summed E-state index contributed by atoms with van der Waals surface area (Å²) in [5, 5.41) is 4.30. The fourth-order valence-electron chi connectivity index (χ4n) is 2.51. The van der Waals surface area contributed by atoms with E-state index < -0.39 is 0 Å². The zero-order valence-corrected chi connectivity index (χ0v) is 10.6. The molecule has 2 unspecified atom stereocenters. The molecule has 2 atom stereocenters. The first-order valence-electron chi connectivity index (χ1n) is 6.32. The Bertz CT molecular complexity index is 357. The summed E-state index contributed by atoms with van der Waals surface area (Å²) in [5.74, 6) is 5.70. The Morgan fingerprint density at radius 3 is 3.00 bits per heavy atom. The molecule has 1 aromatic heterocycles. The van der Waals surface area contributed by atoms with E-state index in [-0.39, 0.29) is 11.6 Å². The molecule has 17 heavy (non-hydrogen) atoms. The molecule has 96 valence electrons. The SMILES string of the molecule is CCn1cc(C(NN)C2(C)CCCCO2)cn1. The lowest BCUT2D eigenvalue weighted by Gasteiger charge is -2.39. The average molecular weight is 238 g/mol. The Hall–Kier alpha value is -0.910. The first-order chi connectivity index (χ1) is 8.19. The second-order valence-electron chi connectivity index (χ2n) is 4.85. The molecule has 0 saturated carbocycles. The first-order valence-corrected chi connectivity index (χ1v) is 6.32. The van der Waals surface area contributed by atoms with Crippen LogP contribution in [0.1, 0.15) is 44.7 Å². The van der Waals surface area contributed by atoms with E-state index in [2.05, 4.69) is 24.4 Å². The monoisotopic (exact) mass is 238 g/mol. The van der Waals surface area contributed by atoms with Crippen molar-refractivity contribution in [3.8, 4) is 0 Å². The molecule has 0 bridgehead atoms. The Labute approximate surface area is 102 Å². The van der Waals surface area contributed by atoms with Crippen LogP contribution in [-0.4, -0.2) is 22.0 Å². The van der Waals surface area contributed by atoms with Crippen LogP contribution < -0.4 is 11.3 Å². The first kappa shape index (κ1) is 12.5. The van der Waals surface area contributed by atoms with Gasteiger partial charge in [0, 0.05) is 24.9 Å². The van der Waals surface area contributed by atoms with E-state index in [0.717, 1.165) is 31.6 Å². The number of rotatable bonds is 4. The van der Waals surface area contributed by atoms with E-state index in [0.29, 0.717) is 0 Å². The Kier molecular flexibility index (Phi) is 3.81. The maximum absolute atomic E-state index is 5.94. The summed E-state index contributed by atoms with van der Waals surface area (Å²) >= 11 is 0. The zero-order chi connectivity index (χ0) is 12.3. The number of hydrogen-bond donors (Lipinski definition) is 2. The smallest absolute Gasteiger partial charge is 0.0862 e. The minimum Gasteiger partial charge on any atom is -0.373 e. The lowest BCUT2D eigenvalue weighted by atomic mass is 9.85. The van der Waals surface area contributed by atoms with E-state index in [1.165, 1.54) is 6.42 Å². The van der Waals surface area contributed by atoms with E-state index >= 15 is 0 Å². The highest BCUT2D eigenvalue weighted by atomic mass is 16.5. The highest BCUT2D eigenvalue weighted by Gasteiger charge is 2.37. The van der Waals surface area contributed by atoms with Crippen LogP contribution in [0, 0.1) is 0 Å². The van der Waals surface area contributed by atoms with Gasteiger partial charge < -0.3 is 4.74 Å². The third kappa shape index (κ3) is 2.51. The lowest BCUT2D eigenvalue weighted by molar-refractivity contribution is -0.0899. The summed E-state index contributed by atoms with van der Waals surface area (Å²) < 4.78 is 7.84. The van der Waals surface area contributed by atoms with Crippen molar-refractivity contribution in [2.24, 2.45) is 5.84 Å². The Morgan fingerprint density at radius 1 is 1.65 bits per heavy atom. The van der Waals surface area contributed by atoms with Crippen LogP contribution in [0.25, 0.3) is 0 Å². The van der Waals surface area contributed by atoms with Gasteiger partial charge in [-0.25, -0.2) is 5.43 Å². The van der Waals surface area contributed by atoms with Gasteiger partial charge in [-0.2, -0.15) is 5.10 Å². The number of nitrogens with two attached hydrogens (primary N) is 1. The normalized spacial score (nSPS) is 27.0. The fraction of sp³-hybridized carbons (Fsp3) is 0.750. The largest absolute Gasteiger partial charge is 0.373 e. The molecule has 0 radical (unpaired) electrons. The molecule has 1 saturated heterocycles. The lowest BCUT2D eigenvalue weighted by Crippen LogP contribution is -2.48. The second kappa shape index (κ2) is 5.16. The third-order valence-corrected chi connectivity index (χ3v) is 3.59. The van der Waals surface area contributed by atoms with Gasteiger partial charge in [0.05, 0.1) is 17.8 Å². The molecule has 5 heteroatoms. The van der Waals surface area contributed by atoms with E-state index in [1.807, 2.05) is 17.1 Å². The zero-order valence-electron chi connectivity index (χ0n) is 10.6. The maximum Gasteiger partial charge on any atom is 0.0862 e. The molecule has 0 aromatic carbocycles. The van der Waals surface area contributed by atoms with Gasteiger partial charge in [-0.1, -0.05) is 0 Å². The van der Waals surface area contributed by atoms with Crippen LogP contribution in [-0.2, 0) is 11.3 Å². The summed E-state index contributed by atoms with van der Waals surface area (Å²) in [7, 11) is 0. The van der Waals surface area contributed by atoms with E-state index in [9.17, 15) is 0 Å². The van der Waals surface area contributed by atoms with Crippen LogP contribution in [0.5, 0.6) is 0 Å². The molecule has 0 aliphatic carbocycles. The van der Waals surface area contributed by atoms with Gasteiger partial charge >= 0.3 is 0 Å². The maximum atomic E-state index is 5.94. The average Bonchev–Trinajstić information content (AvgIpc) is 2.79. The molecule has 1 aliphatic rings. The molecule has 1 aromatic rings. The molecule has 2 rings (SSSR count). The predicted molar refractivity (Wildman–Crippen MR) is 66.2 cm³/mol. The number of aromatic nitrogens is 2. The van der Waals surface area contributed by atoms with Gasteiger partial charge in [-0.3, -0.25) is 10.5 Å². The number of hydrogen-bond acceptors (Lipinski definition) is 4. The van der Waals surface area contributed by atoms with Crippen molar-refractivity contribution in [3.05, 3.63) is 18.0 Å². The van der Waals surface area contributed by atoms with Crippen molar-refractivity contribution >= 4 is 0 Å². The molecule has 1 fully saturated rings. The van der Waals surface area contributed by atoms with Crippen LogP contribution in [0.4, 0.5) is 0 Å². The van der Waals surface area contributed by atoms with Gasteiger partial charge in [0.15, 0.2) is 0 Å². The summed E-state index contributed by atoms with van der Waals surface area (Å²) in [6, 6.07) is 0.00287. The number of hydrazine groups is 1. The number of aryl methyl sites for hydroxylation is 1. The molecule has 0 amide bonds. The standard InChI is InChI=1S/C12H22N4O/c1-3-16-9-10(8-14-16)11(15-13)12(2)6-4-5-7-17-12/h8-9,11,15H,3-7,13H2,1-2H3. The molecular formula is C12H22N4O. The Morgan fingerprint density at radius 2 is 2.47 bits per heavy atom. The van der Waals surface area contributed by atoms with Gasteiger partial charge in [0.1, 0.15) is 0 Å². The van der Waals surface area contributed by atoms with E-state index in [4.69, 9.17) is 10.6 Å². The topological polar surface area (TPSA) is 65.1 Å². The molecule has 2 heterocycles. The highest BCUT2D eigenvalue weighted by Crippen LogP contribution is 2.35. The van der Waals surface area contributed by atoms with Crippen molar-refractivity contribution in [1.82, 2.24) is 15.2 Å². The van der Waals surface area contributed by atoms with Gasteiger partial charge in [-0.15, -0.1) is 0 Å². The van der Waals surface area contributed by atoms with Crippen LogP contribution in [0.2, 0.25) is 0 Å². The van der Waals surface area contributed by atoms with Crippen molar-refractivity contribution < 1.29 is 4.74 Å². The number of ether oxygens (including phenoxy) is 1. The molecule has 3 N–H and O–H groups in total. The third-order valence-electron chi connectivity index (χ3n) is 3.59. The predicted octanol–water partition coefficient (Wildman–Crippen LogP) is 1.37. The van der Waals surface area contributed by atoms with Crippen LogP contribution in [0.15, 0.2) is 12.4 Å². The quantitative estimate of drug-likeness (QED) is 0.614. The molecule has 0 spiro atoms. The van der Waals surface area contributed by atoms with E-state index in [1.54, 1.807) is 0 Å². The van der Waals surface area contributed by atoms with Crippen LogP contribution in [0.3, 0.4) is 0 Å². The summed E-state index contributed by atoms with van der Waals surface area (Å²) in [4.78, 5) is 0. The fourth-order valence-corrected chi connectivity index (χ4v) is 2.51. The highest BCUT2D eigenvalue weighted by molar-refractivity contribution is 5.15. The van der Waals surface area contributed by atoms with Gasteiger partial charge in [0.25, 0.3) is 0 Å². The van der Waals surface area contributed by atoms with Gasteiger partial charge in [0.2, 0.25) is 0 Å². The minimum atomic E-state index is -0.228. The number of nitrogens with one attached hydrogen (secondary N) is 1.